The van der Waals surface area contributed by atoms with E-state index in [0.717, 1.165) is 16.7 Å². The average Bonchev–Trinajstić information content (AvgIpc) is 3.12. The zero-order valence-electron chi connectivity index (χ0n) is 13.1. The van der Waals surface area contributed by atoms with Crippen LogP contribution in [0.4, 0.5) is 0 Å². The van der Waals surface area contributed by atoms with E-state index in [-0.39, 0.29) is 12.4 Å². The number of hydrogen-bond donors (Lipinski definition) is 2. The Kier molecular flexibility index (Phi) is 4.99. The van der Waals surface area contributed by atoms with Gasteiger partial charge in [-0.1, -0.05) is 36.4 Å². The van der Waals surface area contributed by atoms with Crippen LogP contribution >= 0.6 is 0 Å². The normalized spacial score (nSPS) is 11.0. The number of benzene rings is 2. The van der Waals surface area contributed by atoms with Crippen molar-refractivity contribution in [2.45, 2.75) is 6.61 Å². The summed E-state index contributed by atoms with van der Waals surface area (Å²) in [5.41, 5.74) is 3.03. The van der Waals surface area contributed by atoms with Gasteiger partial charge in [0.1, 0.15) is 18.1 Å². The standard InChI is InChI=1S/C20H18O4/c21-13-16-6-1-2-7-17(16)20-18(22)8-3-9-19(20)24-11-4-5-15-10-12-23-14-15/h1-10,12,14,21-22H,11,13H2/b5-4+. The predicted octanol–water partition coefficient (Wildman–Crippen LogP) is 4.24. The molecule has 122 valence electrons. The first-order chi connectivity index (χ1) is 11.8. The molecule has 0 saturated heterocycles. The summed E-state index contributed by atoms with van der Waals surface area (Å²) >= 11 is 0. The highest BCUT2D eigenvalue weighted by Gasteiger charge is 2.14. The van der Waals surface area contributed by atoms with Crippen molar-refractivity contribution in [2.75, 3.05) is 6.61 Å². The monoisotopic (exact) mass is 322 g/mol. The van der Waals surface area contributed by atoms with E-state index in [1.54, 1.807) is 30.7 Å². The molecule has 1 aromatic heterocycles. The van der Waals surface area contributed by atoms with Crippen molar-refractivity contribution in [3.05, 3.63) is 78.3 Å². The predicted molar refractivity (Wildman–Crippen MR) is 92.7 cm³/mol. The molecule has 4 nitrogen and oxygen atoms in total. The molecular formula is C20H18O4. The lowest BCUT2D eigenvalue weighted by Crippen LogP contribution is -1.97. The maximum absolute atomic E-state index is 10.3. The second-order valence-corrected chi connectivity index (χ2v) is 5.24. The Labute approximate surface area is 140 Å². The van der Waals surface area contributed by atoms with Gasteiger partial charge in [-0.05, 0) is 35.4 Å². The van der Waals surface area contributed by atoms with Gasteiger partial charge >= 0.3 is 0 Å². The van der Waals surface area contributed by atoms with Crippen molar-refractivity contribution >= 4 is 6.08 Å². The molecule has 0 saturated carbocycles. The Morgan fingerprint density at radius 3 is 2.71 bits per heavy atom. The van der Waals surface area contributed by atoms with Crippen LogP contribution in [0, 0.1) is 0 Å². The van der Waals surface area contributed by atoms with Gasteiger partial charge in [0.2, 0.25) is 0 Å². The highest BCUT2D eigenvalue weighted by Crippen LogP contribution is 2.39. The van der Waals surface area contributed by atoms with Crippen molar-refractivity contribution in [2.24, 2.45) is 0 Å². The molecular weight excluding hydrogens is 304 g/mol. The third-order valence-corrected chi connectivity index (χ3v) is 3.65. The molecule has 4 heteroatoms. The van der Waals surface area contributed by atoms with Crippen molar-refractivity contribution in [3.8, 4) is 22.6 Å². The summed E-state index contributed by atoms with van der Waals surface area (Å²) in [5.74, 6) is 0.681. The van der Waals surface area contributed by atoms with Crippen LogP contribution in [0.1, 0.15) is 11.1 Å². The summed E-state index contributed by atoms with van der Waals surface area (Å²) in [7, 11) is 0. The SMILES string of the molecule is OCc1ccccc1-c1c(O)cccc1OC/C=C/c1ccoc1. The molecule has 0 aliphatic rings. The Bertz CT molecular complexity index is 819. The fraction of sp³-hybridized carbons (Fsp3) is 0.100. The number of phenolic OH excluding ortho intramolecular Hbond substituents is 1. The lowest BCUT2D eigenvalue weighted by molar-refractivity contribution is 0.282. The zero-order valence-corrected chi connectivity index (χ0v) is 13.1. The molecule has 2 aromatic carbocycles. The number of furan rings is 1. The van der Waals surface area contributed by atoms with E-state index in [4.69, 9.17) is 9.15 Å². The summed E-state index contributed by atoms with van der Waals surface area (Å²) in [6.45, 7) is 0.243. The first-order valence-electron chi connectivity index (χ1n) is 7.62. The highest BCUT2D eigenvalue weighted by atomic mass is 16.5. The van der Waals surface area contributed by atoms with Crippen molar-refractivity contribution in [3.63, 3.8) is 0 Å². The van der Waals surface area contributed by atoms with Gasteiger partial charge < -0.3 is 19.4 Å². The minimum Gasteiger partial charge on any atom is -0.507 e. The Hall–Kier alpha value is -2.98. The molecule has 0 bridgehead atoms. The van der Waals surface area contributed by atoms with Gasteiger partial charge in [0.05, 0.1) is 24.7 Å². The number of aliphatic hydroxyl groups is 1. The minimum absolute atomic E-state index is 0.107. The molecule has 3 aromatic rings. The lowest BCUT2D eigenvalue weighted by Gasteiger charge is -2.14. The van der Waals surface area contributed by atoms with Crippen LogP contribution in [0.3, 0.4) is 0 Å². The van der Waals surface area contributed by atoms with Gasteiger partial charge in [-0.3, -0.25) is 0 Å². The third kappa shape index (κ3) is 3.50. The van der Waals surface area contributed by atoms with Crippen LogP contribution in [-0.2, 0) is 6.61 Å². The Balaban J connectivity index is 1.85. The molecule has 3 rings (SSSR count). The maximum atomic E-state index is 10.3. The smallest absolute Gasteiger partial charge is 0.131 e. The van der Waals surface area contributed by atoms with Crippen LogP contribution in [-0.4, -0.2) is 16.8 Å². The van der Waals surface area contributed by atoms with Crippen LogP contribution in [0.5, 0.6) is 11.5 Å². The van der Waals surface area contributed by atoms with Gasteiger partial charge in [-0.2, -0.15) is 0 Å². The van der Waals surface area contributed by atoms with E-state index >= 15 is 0 Å². The number of rotatable bonds is 6. The van der Waals surface area contributed by atoms with Gasteiger partial charge in [-0.15, -0.1) is 0 Å². The van der Waals surface area contributed by atoms with Crippen LogP contribution in [0.2, 0.25) is 0 Å². The van der Waals surface area contributed by atoms with E-state index in [1.165, 1.54) is 0 Å². The van der Waals surface area contributed by atoms with E-state index in [9.17, 15) is 10.2 Å². The van der Waals surface area contributed by atoms with Crippen LogP contribution in [0.15, 0.2) is 71.6 Å². The van der Waals surface area contributed by atoms with E-state index < -0.39 is 0 Å². The Morgan fingerprint density at radius 2 is 1.92 bits per heavy atom. The molecule has 0 spiro atoms. The van der Waals surface area contributed by atoms with Crippen molar-refractivity contribution in [1.82, 2.24) is 0 Å². The molecule has 2 N–H and O–H groups in total. The highest BCUT2D eigenvalue weighted by molar-refractivity contribution is 5.78. The van der Waals surface area contributed by atoms with Gasteiger partial charge in [-0.25, -0.2) is 0 Å². The molecule has 0 unspecified atom stereocenters. The van der Waals surface area contributed by atoms with Crippen molar-refractivity contribution in [1.29, 1.82) is 0 Å². The third-order valence-electron chi connectivity index (χ3n) is 3.65. The number of ether oxygens (including phenoxy) is 1. The van der Waals surface area contributed by atoms with Gasteiger partial charge in [0.25, 0.3) is 0 Å². The fourth-order valence-electron chi connectivity index (χ4n) is 2.50. The molecule has 0 fully saturated rings. The minimum atomic E-state index is -0.107. The molecule has 0 aliphatic heterocycles. The van der Waals surface area contributed by atoms with E-state index in [2.05, 4.69) is 0 Å². The summed E-state index contributed by atoms with van der Waals surface area (Å²) in [6.07, 6.45) is 7.03. The largest absolute Gasteiger partial charge is 0.507 e. The lowest BCUT2D eigenvalue weighted by atomic mass is 9.98. The molecule has 0 amide bonds. The second kappa shape index (κ2) is 7.53. The van der Waals surface area contributed by atoms with Crippen molar-refractivity contribution < 1.29 is 19.4 Å². The molecule has 24 heavy (non-hydrogen) atoms. The summed E-state index contributed by atoms with van der Waals surface area (Å²) in [4.78, 5) is 0. The van der Waals surface area contributed by atoms with Crippen LogP contribution in [0.25, 0.3) is 17.2 Å². The van der Waals surface area contributed by atoms with E-state index in [0.29, 0.717) is 17.9 Å². The summed E-state index contributed by atoms with van der Waals surface area (Å²) < 4.78 is 10.8. The zero-order chi connectivity index (χ0) is 16.8. The molecule has 0 atom stereocenters. The fourth-order valence-corrected chi connectivity index (χ4v) is 2.50. The van der Waals surface area contributed by atoms with E-state index in [1.807, 2.05) is 42.5 Å². The number of hydrogen-bond acceptors (Lipinski definition) is 4. The number of aliphatic hydroxyl groups excluding tert-OH is 1. The van der Waals surface area contributed by atoms with Crippen LogP contribution < -0.4 is 4.74 Å². The number of phenols is 1. The molecule has 0 radical (unpaired) electrons. The summed E-state index contributed by atoms with van der Waals surface area (Å²) in [5, 5.41) is 19.8. The Morgan fingerprint density at radius 1 is 1.04 bits per heavy atom. The quantitative estimate of drug-likeness (QED) is 0.712. The average molecular weight is 322 g/mol. The number of aromatic hydroxyl groups is 1. The second-order valence-electron chi connectivity index (χ2n) is 5.24. The van der Waals surface area contributed by atoms with Gasteiger partial charge in [0.15, 0.2) is 0 Å². The maximum Gasteiger partial charge on any atom is 0.131 e. The molecule has 1 heterocycles. The van der Waals surface area contributed by atoms with Gasteiger partial charge in [0, 0.05) is 5.56 Å². The topological polar surface area (TPSA) is 62.8 Å². The summed E-state index contributed by atoms with van der Waals surface area (Å²) in [6, 6.07) is 14.4. The first kappa shape index (κ1) is 15.9. The molecule has 0 aliphatic carbocycles. The first-order valence-corrected chi connectivity index (χ1v) is 7.62.